The minimum absolute atomic E-state index is 0.347. The van der Waals surface area contributed by atoms with Crippen molar-refractivity contribution in [1.29, 1.82) is 0 Å². The fraction of sp³-hybridized carbons (Fsp3) is 0.167. The number of ether oxygens (including phenoxy) is 1. The van der Waals surface area contributed by atoms with Gasteiger partial charge in [0.2, 0.25) is 4.96 Å². The van der Waals surface area contributed by atoms with Crippen molar-refractivity contribution in [2.75, 3.05) is 7.11 Å². The summed E-state index contributed by atoms with van der Waals surface area (Å²) in [5.74, 6) is 1.47. The van der Waals surface area contributed by atoms with Crippen molar-refractivity contribution < 1.29 is 4.74 Å². The fourth-order valence-corrected chi connectivity index (χ4v) is 2.69. The topological polar surface area (TPSA) is 65.4 Å². The molecule has 92 valence electrons. The summed E-state index contributed by atoms with van der Waals surface area (Å²) in [5, 5.41) is 6.40. The van der Waals surface area contributed by atoms with Crippen LogP contribution in [0.15, 0.2) is 29.6 Å². The first-order chi connectivity index (χ1) is 8.83. The molecule has 0 aliphatic carbocycles. The lowest BCUT2D eigenvalue weighted by molar-refractivity contribution is 0.416. The van der Waals surface area contributed by atoms with Crippen molar-refractivity contribution in [2.45, 2.75) is 6.54 Å². The highest BCUT2D eigenvalue weighted by Crippen LogP contribution is 2.32. The fourth-order valence-electron chi connectivity index (χ4n) is 1.85. The normalized spacial score (nSPS) is 11.0. The lowest BCUT2D eigenvalue weighted by Crippen LogP contribution is -1.99. The minimum Gasteiger partial charge on any atom is -0.496 e. The van der Waals surface area contributed by atoms with Crippen molar-refractivity contribution in [3.05, 3.63) is 35.5 Å². The van der Waals surface area contributed by atoms with Gasteiger partial charge in [-0.2, -0.15) is 0 Å². The largest absolute Gasteiger partial charge is 0.496 e. The first-order valence-corrected chi connectivity index (χ1v) is 6.38. The van der Waals surface area contributed by atoms with Crippen molar-refractivity contribution >= 4 is 16.3 Å². The van der Waals surface area contributed by atoms with E-state index in [1.54, 1.807) is 18.4 Å². The van der Waals surface area contributed by atoms with Crippen LogP contribution in [0.2, 0.25) is 0 Å². The van der Waals surface area contributed by atoms with Gasteiger partial charge in [0.15, 0.2) is 5.82 Å². The van der Waals surface area contributed by atoms with Gasteiger partial charge in [-0.15, -0.1) is 16.4 Å². The molecular formula is C12H12N4OS. The summed E-state index contributed by atoms with van der Waals surface area (Å²) < 4.78 is 7.18. The van der Waals surface area contributed by atoms with Crippen LogP contribution in [0.25, 0.3) is 16.2 Å². The van der Waals surface area contributed by atoms with Crippen LogP contribution in [0.5, 0.6) is 5.75 Å². The van der Waals surface area contributed by atoms with Crippen molar-refractivity contribution in [3.63, 3.8) is 0 Å². The van der Waals surface area contributed by atoms with E-state index in [1.165, 1.54) is 0 Å². The molecule has 0 aliphatic heterocycles. The molecule has 0 radical (unpaired) electrons. The molecule has 0 fully saturated rings. The molecule has 3 rings (SSSR count). The third kappa shape index (κ3) is 1.66. The van der Waals surface area contributed by atoms with E-state index in [2.05, 4.69) is 10.1 Å². The molecule has 0 saturated carbocycles. The van der Waals surface area contributed by atoms with E-state index >= 15 is 0 Å². The van der Waals surface area contributed by atoms with Gasteiger partial charge in [0.1, 0.15) is 5.75 Å². The van der Waals surface area contributed by atoms with Crippen molar-refractivity contribution in [3.8, 4) is 17.0 Å². The Balaban J connectivity index is 2.21. The molecule has 3 aromatic rings. The minimum atomic E-state index is 0.347. The Labute approximate surface area is 108 Å². The zero-order valence-electron chi connectivity index (χ0n) is 9.83. The maximum Gasteiger partial charge on any atom is 0.212 e. The number of fused-ring (bicyclic) bond motifs is 1. The molecule has 0 bridgehead atoms. The van der Waals surface area contributed by atoms with Gasteiger partial charge in [-0.1, -0.05) is 12.1 Å². The first-order valence-electron chi connectivity index (χ1n) is 5.50. The van der Waals surface area contributed by atoms with Crippen LogP contribution >= 0.6 is 11.3 Å². The molecule has 0 aliphatic rings. The Kier molecular flexibility index (Phi) is 2.73. The van der Waals surface area contributed by atoms with Crippen molar-refractivity contribution in [1.82, 2.24) is 14.6 Å². The number of hydrogen-bond acceptors (Lipinski definition) is 5. The van der Waals surface area contributed by atoms with Crippen LogP contribution in [-0.2, 0) is 6.54 Å². The lowest BCUT2D eigenvalue weighted by atomic mass is 10.1. The number of nitrogens with two attached hydrogens (primary N) is 1. The van der Waals surface area contributed by atoms with E-state index in [-0.39, 0.29) is 0 Å². The Morgan fingerprint density at radius 1 is 1.39 bits per heavy atom. The van der Waals surface area contributed by atoms with Crippen molar-refractivity contribution in [2.24, 2.45) is 5.73 Å². The average Bonchev–Trinajstić information content (AvgIpc) is 2.98. The molecule has 2 heterocycles. The number of hydrogen-bond donors (Lipinski definition) is 1. The SMILES string of the molecule is COc1ccccc1-c1csc2nc(CN)nn12. The molecule has 0 unspecified atom stereocenters. The van der Waals surface area contributed by atoms with E-state index in [1.807, 2.05) is 34.2 Å². The summed E-state index contributed by atoms with van der Waals surface area (Å²) in [4.78, 5) is 5.18. The van der Waals surface area contributed by atoms with E-state index in [4.69, 9.17) is 10.5 Å². The molecule has 0 spiro atoms. The van der Waals surface area contributed by atoms with Gasteiger partial charge in [-0.3, -0.25) is 0 Å². The number of rotatable bonds is 3. The average molecular weight is 260 g/mol. The Bertz CT molecular complexity index is 688. The van der Waals surface area contributed by atoms with E-state index in [0.717, 1.165) is 22.0 Å². The predicted octanol–water partition coefficient (Wildman–Crippen LogP) is 1.93. The second-order valence-corrected chi connectivity index (χ2v) is 4.58. The van der Waals surface area contributed by atoms with Gasteiger partial charge in [-0.25, -0.2) is 9.50 Å². The Morgan fingerprint density at radius 2 is 2.22 bits per heavy atom. The molecule has 0 saturated heterocycles. The number of nitrogens with zero attached hydrogens (tertiary/aromatic N) is 3. The van der Waals surface area contributed by atoms with E-state index < -0.39 is 0 Å². The zero-order chi connectivity index (χ0) is 12.5. The van der Waals surface area contributed by atoms with Crippen LogP contribution in [0.3, 0.4) is 0 Å². The highest BCUT2D eigenvalue weighted by Gasteiger charge is 2.13. The summed E-state index contributed by atoms with van der Waals surface area (Å²) in [6.45, 7) is 0.347. The van der Waals surface area contributed by atoms with Crippen LogP contribution in [-0.4, -0.2) is 21.7 Å². The van der Waals surface area contributed by atoms with Gasteiger partial charge >= 0.3 is 0 Å². The lowest BCUT2D eigenvalue weighted by Gasteiger charge is -2.06. The molecule has 2 aromatic heterocycles. The first kappa shape index (κ1) is 11.2. The summed E-state index contributed by atoms with van der Waals surface area (Å²) >= 11 is 1.54. The van der Waals surface area contributed by atoms with Gasteiger partial charge in [0.05, 0.1) is 19.3 Å². The smallest absolute Gasteiger partial charge is 0.212 e. The maximum absolute atomic E-state index is 5.56. The molecule has 2 N–H and O–H groups in total. The standard InChI is InChI=1S/C12H12N4OS/c1-17-10-5-3-2-4-8(10)9-7-18-12-14-11(6-13)15-16(9)12/h2-5,7H,6,13H2,1H3. The molecule has 6 heteroatoms. The zero-order valence-corrected chi connectivity index (χ0v) is 10.6. The number of methoxy groups -OCH3 is 1. The predicted molar refractivity (Wildman–Crippen MR) is 70.7 cm³/mol. The number of para-hydroxylation sites is 1. The van der Waals surface area contributed by atoms with Gasteiger partial charge in [-0.05, 0) is 12.1 Å². The molecule has 1 aromatic carbocycles. The number of thiazole rings is 1. The quantitative estimate of drug-likeness (QED) is 0.781. The Morgan fingerprint density at radius 3 is 3.00 bits per heavy atom. The van der Waals surface area contributed by atoms with Gasteiger partial charge in [0, 0.05) is 10.9 Å². The number of aromatic nitrogens is 3. The summed E-state index contributed by atoms with van der Waals surface area (Å²) in [6.07, 6.45) is 0. The van der Waals surface area contributed by atoms with E-state index in [9.17, 15) is 0 Å². The van der Waals surface area contributed by atoms with Crippen LogP contribution in [0.1, 0.15) is 5.82 Å². The van der Waals surface area contributed by atoms with Gasteiger partial charge in [0.25, 0.3) is 0 Å². The Hall–Kier alpha value is -1.92. The highest BCUT2D eigenvalue weighted by molar-refractivity contribution is 7.15. The second kappa shape index (κ2) is 4.40. The molecule has 0 amide bonds. The summed E-state index contributed by atoms with van der Waals surface area (Å²) in [7, 11) is 1.66. The monoisotopic (exact) mass is 260 g/mol. The van der Waals surface area contributed by atoms with Crippen LogP contribution < -0.4 is 10.5 Å². The number of benzene rings is 1. The molecule has 18 heavy (non-hydrogen) atoms. The van der Waals surface area contributed by atoms with Gasteiger partial charge < -0.3 is 10.5 Å². The molecule has 5 nitrogen and oxygen atoms in total. The van der Waals surface area contributed by atoms with Crippen LogP contribution in [0, 0.1) is 0 Å². The second-order valence-electron chi connectivity index (χ2n) is 3.75. The molecule has 0 atom stereocenters. The van der Waals surface area contributed by atoms with Crippen LogP contribution in [0.4, 0.5) is 0 Å². The highest BCUT2D eigenvalue weighted by atomic mass is 32.1. The third-order valence-electron chi connectivity index (χ3n) is 2.69. The summed E-state index contributed by atoms with van der Waals surface area (Å²) in [6, 6.07) is 7.85. The third-order valence-corrected chi connectivity index (χ3v) is 3.51. The van der Waals surface area contributed by atoms with E-state index in [0.29, 0.717) is 12.4 Å². The summed E-state index contributed by atoms with van der Waals surface area (Å²) in [5.41, 5.74) is 7.53. The molecular weight excluding hydrogens is 248 g/mol. The maximum atomic E-state index is 5.56.